The molecule has 0 aromatic heterocycles. The normalized spacial score (nSPS) is 11.8. The lowest BCUT2D eigenvalue weighted by atomic mass is 10.1. The number of carbonyl (C=O) groups excluding carboxylic acids is 1. The summed E-state index contributed by atoms with van der Waals surface area (Å²) in [5, 5.41) is 2.73. The Labute approximate surface area is 166 Å². The lowest BCUT2D eigenvalue weighted by molar-refractivity contribution is -0.111. The molecule has 0 saturated carbocycles. The number of rotatable bonds is 8. The topological polar surface area (TPSA) is 75.7 Å². The lowest BCUT2D eigenvalue weighted by Gasteiger charge is -2.18. The Kier molecular flexibility index (Phi) is 7.37. The summed E-state index contributed by atoms with van der Waals surface area (Å²) in [5.74, 6) is 0.364. The second-order valence-corrected chi connectivity index (χ2v) is 8.12. The number of aryl methyl sites for hydroxylation is 1. The largest absolute Gasteiger partial charge is 0.496 e. The first kappa shape index (κ1) is 21.7. The monoisotopic (exact) mass is 402 g/mol. The van der Waals surface area contributed by atoms with Gasteiger partial charge in [-0.05, 0) is 49.4 Å². The highest BCUT2D eigenvalue weighted by molar-refractivity contribution is 7.89. The van der Waals surface area contributed by atoms with E-state index in [-0.39, 0.29) is 10.8 Å². The molecule has 0 fully saturated rings. The molecule has 2 aromatic carbocycles. The number of hydrogen-bond donors (Lipinski definition) is 1. The second-order valence-electron chi connectivity index (χ2n) is 6.18. The van der Waals surface area contributed by atoms with Crippen molar-refractivity contribution in [2.45, 2.75) is 25.7 Å². The van der Waals surface area contributed by atoms with E-state index >= 15 is 0 Å². The molecule has 150 valence electrons. The third-order valence-corrected chi connectivity index (χ3v) is 6.33. The van der Waals surface area contributed by atoms with Gasteiger partial charge in [-0.15, -0.1) is 0 Å². The average molecular weight is 403 g/mol. The Morgan fingerprint density at radius 1 is 1.11 bits per heavy atom. The highest BCUT2D eigenvalue weighted by atomic mass is 32.2. The van der Waals surface area contributed by atoms with Crippen LogP contribution in [0.3, 0.4) is 0 Å². The van der Waals surface area contributed by atoms with Gasteiger partial charge in [-0.2, -0.15) is 4.31 Å². The van der Waals surface area contributed by atoms with E-state index in [1.165, 1.54) is 22.5 Å². The van der Waals surface area contributed by atoms with Crippen LogP contribution in [0, 0.1) is 6.92 Å². The van der Waals surface area contributed by atoms with Gasteiger partial charge in [-0.25, -0.2) is 8.42 Å². The molecule has 0 unspecified atom stereocenters. The summed E-state index contributed by atoms with van der Waals surface area (Å²) < 4.78 is 31.7. The molecule has 28 heavy (non-hydrogen) atoms. The number of methoxy groups -OCH3 is 1. The van der Waals surface area contributed by atoms with Gasteiger partial charge in [-0.1, -0.05) is 25.5 Å². The summed E-state index contributed by atoms with van der Waals surface area (Å²) in [4.78, 5) is 12.4. The first-order valence-corrected chi connectivity index (χ1v) is 10.5. The molecule has 0 aliphatic carbocycles. The first-order chi connectivity index (χ1) is 13.3. The van der Waals surface area contributed by atoms with Gasteiger partial charge in [0.25, 0.3) is 0 Å². The average Bonchev–Trinajstić information content (AvgIpc) is 2.67. The summed E-state index contributed by atoms with van der Waals surface area (Å²) in [6.07, 6.45) is 3.10. The minimum atomic E-state index is -3.51. The van der Waals surface area contributed by atoms with Gasteiger partial charge < -0.3 is 10.1 Å². The quantitative estimate of drug-likeness (QED) is 0.684. The molecule has 2 aromatic rings. The van der Waals surface area contributed by atoms with Gasteiger partial charge in [0.1, 0.15) is 5.75 Å². The van der Waals surface area contributed by atoms with E-state index in [4.69, 9.17) is 4.74 Å². The highest BCUT2D eigenvalue weighted by Gasteiger charge is 2.21. The maximum atomic E-state index is 12.5. The maximum Gasteiger partial charge on any atom is 0.248 e. The summed E-state index contributed by atoms with van der Waals surface area (Å²) in [5.41, 5.74) is 2.38. The Hall–Kier alpha value is -2.64. The molecule has 0 aliphatic rings. The Morgan fingerprint density at radius 3 is 2.32 bits per heavy atom. The number of benzene rings is 2. The molecule has 0 saturated heterocycles. The lowest BCUT2D eigenvalue weighted by Crippen LogP contribution is -2.30. The summed E-state index contributed by atoms with van der Waals surface area (Å²) >= 11 is 0. The number of sulfonamides is 1. The Bertz CT molecular complexity index is 947. The fourth-order valence-corrected chi connectivity index (χ4v) is 4.21. The third kappa shape index (κ3) is 5.21. The van der Waals surface area contributed by atoms with Gasteiger partial charge in [-0.3, -0.25) is 4.79 Å². The fourth-order valence-electron chi connectivity index (χ4n) is 2.76. The molecule has 6 nitrogen and oxygen atoms in total. The van der Waals surface area contributed by atoms with Crippen LogP contribution in [0.15, 0.2) is 53.4 Å². The van der Waals surface area contributed by atoms with Crippen LogP contribution in [-0.4, -0.2) is 38.8 Å². The zero-order chi connectivity index (χ0) is 20.7. The minimum Gasteiger partial charge on any atom is -0.496 e. The number of nitrogens with zero attached hydrogens (tertiary/aromatic N) is 1. The van der Waals surface area contributed by atoms with Crippen molar-refractivity contribution in [2.24, 2.45) is 0 Å². The van der Waals surface area contributed by atoms with Crippen LogP contribution < -0.4 is 10.1 Å². The molecule has 0 heterocycles. The van der Waals surface area contributed by atoms with Crippen LogP contribution in [0.25, 0.3) is 6.08 Å². The van der Waals surface area contributed by atoms with Crippen LogP contribution in [0.1, 0.15) is 25.0 Å². The number of ether oxygens (including phenoxy) is 1. The van der Waals surface area contributed by atoms with Gasteiger partial charge >= 0.3 is 0 Å². The minimum absolute atomic E-state index is 0.203. The van der Waals surface area contributed by atoms with E-state index in [1.54, 1.807) is 39.2 Å². The van der Waals surface area contributed by atoms with Crippen molar-refractivity contribution in [3.63, 3.8) is 0 Å². The number of amides is 1. The van der Waals surface area contributed by atoms with E-state index in [1.807, 2.05) is 25.1 Å². The van der Waals surface area contributed by atoms with Crippen molar-refractivity contribution in [1.82, 2.24) is 4.31 Å². The number of hydrogen-bond acceptors (Lipinski definition) is 4. The van der Waals surface area contributed by atoms with Crippen LogP contribution in [0.2, 0.25) is 0 Å². The van der Waals surface area contributed by atoms with Crippen molar-refractivity contribution in [3.05, 3.63) is 59.7 Å². The van der Waals surface area contributed by atoms with Gasteiger partial charge in [0.15, 0.2) is 0 Å². The molecule has 0 bridgehead atoms. The van der Waals surface area contributed by atoms with Crippen LogP contribution in [0.4, 0.5) is 5.69 Å². The van der Waals surface area contributed by atoms with E-state index < -0.39 is 10.0 Å². The smallest absolute Gasteiger partial charge is 0.248 e. The molecule has 1 N–H and O–H groups in total. The number of carbonyl (C=O) groups is 1. The van der Waals surface area contributed by atoms with Crippen molar-refractivity contribution in [3.8, 4) is 5.75 Å². The van der Waals surface area contributed by atoms with Crippen molar-refractivity contribution >= 4 is 27.7 Å². The van der Waals surface area contributed by atoms with E-state index in [2.05, 4.69) is 5.32 Å². The standard InChI is InChI=1S/C21H26N2O4S/c1-5-23(6-2)28(25,26)19-11-9-18(10-12-19)22-21(24)14-8-17-15-16(3)7-13-20(17)27-4/h7-15H,5-6H2,1-4H3,(H,22,24)/b14-8+. The molecule has 0 radical (unpaired) electrons. The summed E-state index contributed by atoms with van der Waals surface area (Å²) in [7, 11) is -1.93. The summed E-state index contributed by atoms with van der Waals surface area (Å²) in [6.45, 7) is 6.37. The first-order valence-electron chi connectivity index (χ1n) is 9.05. The van der Waals surface area contributed by atoms with Gasteiger partial charge in [0.2, 0.25) is 15.9 Å². The van der Waals surface area contributed by atoms with Gasteiger partial charge in [0, 0.05) is 30.4 Å². The molecule has 7 heteroatoms. The predicted molar refractivity (Wildman–Crippen MR) is 112 cm³/mol. The molecular formula is C21H26N2O4S. The van der Waals surface area contributed by atoms with Crippen molar-refractivity contribution < 1.29 is 17.9 Å². The molecule has 2 rings (SSSR count). The maximum absolute atomic E-state index is 12.5. The van der Waals surface area contributed by atoms with Crippen molar-refractivity contribution in [1.29, 1.82) is 0 Å². The van der Waals surface area contributed by atoms with Gasteiger partial charge in [0.05, 0.1) is 12.0 Å². The van der Waals surface area contributed by atoms with Crippen molar-refractivity contribution in [2.75, 3.05) is 25.5 Å². The molecule has 0 aliphatic heterocycles. The fraction of sp³-hybridized carbons (Fsp3) is 0.286. The Balaban J connectivity index is 2.10. The molecular weight excluding hydrogens is 376 g/mol. The van der Waals surface area contributed by atoms with Crippen LogP contribution in [-0.2, 0) is 14.8 Å². The van der Waals surface area contributed by atoms with E-state index in [0.717, 1.165) is 11.1 Å². The van der Waals surface area contributed by atoms with E-state index in [9.17, 15) is 13.2 Å². The molecule has 1 amide bonds. The van der Waals surface area contributed by atoms with Crippen LogP contribution >= 0.6 is 0 Å². The number of anilines is 1. The SMILES string of the molecule is CCN(CC)S(=O)(=O)c1ccc(NC(=O)/C=C/c2cc(C)ccc2OC)cc1. The molecule has 0 atom stereocenters. The molecule has 0 spiro atoms. The summed E-state index contributed by atoms with van der Waals surface area (Å²) in [6, 6.07) is 11.9. The Morgan fingerprint density at radius 2 is 1.75 bits per heavy atom. The van der Waals surface area contributed by atoms with Crippen LogP contribution in [0.5, 0.6) is 5.75 Å². The second kappa shape index (κ2) is 9.52. The zero-order valence-electron chi connectivity index (χ0n) is 16.6. The van der Waals surface area contributed by atoms with E-state index in [0.29, 0.717) is 24.5 Å². The third-order valence-electron chi connectivity index (χ3n) is 4.26. The highest BCUT2D eigenvalue weighted by Crippen LogP contribution is 2.21. The number of nitrogens with one attached hydrogen (secondary N) is 1. The zero-order valence-corrected chi connectivity index (χ0v) is 17.4. The predicted octanol–water partition coefficient (Wildman–Crippen LogP) is 3.69.